The molecule has 5 heteroatoms. The van der Waals surface area contributed by atoms with Crippen molar-refractivity contribution in [1.29, 1.82) is 5.26 Å². The predicted octanol–water partition coefficient (Wildman–Crippen LogP) is 0.305. The fraction of sp³-hybridized carbons (Fsp3) is 0.455. The van der Waals surface area contributed by atoms with Crippen molar-refractivity contribution >= 4 is 13.3 Å². The number of nitriles is 1. The van der Waals surface area contributed by atoms with Gasteiger partial charge in [-0.05, 0) is 6.07 Å². The van der Waals surface area contributed by atoms with Gasteiger partial charge < -0.3 is 9.47 Å². The maximum atomic E-state index is 8.92. The lowest BCUT2D eigenvalue weighted by Crippen LogP contribution is -2.26. The molecule has 80 valence electrons. The first-order valence-electron chi connectivity index (χ1n) is 5.19. The number of nitrogens with zero attached hydrogens (tertiary/aromatic N) is 2. The van der Waals surface area contributed by atoms with E-state index < -0.39 is 0 Å². The third-order valence-corrected chi connectivity index (χ3v) is 2.44. The molecular formula is C11H11BN2O2. The summed E-state index contributed by atoms with van der Waals surface area (Å²) in [7, 11) is 5.55. The topological polar surface area (TPSA) is 55.1 Å². The Morgan fingerprint density at radius 2 is 2.25 bits per heavy atom. The fourth-order valence-corrected chi connectivity index (χ4v) is 1.59. The molecule has 1 aliphatic heterocycles. The Hall–Kier alpha value is -1.54. The molecule has 0 spiro atoms. The molecule has 1 aromatic rings. The molecule has 2 radical (unpaired) electrons. The molecule has 0 amide bonds. The van der Waals surface area contributed by atoms with Crippen LogP contribution in [-0.2, 0) is 4.74 Å². The summed E-state index contributed by atoms with van der Waals surface area (Å²) < 4.78 is 10.9. The van der Waals surface area contributed by atoms with E-state index in [2.05, 4.69) is 4.98 Å². The summed E-state index contributed by atoms with van der Waals surface area (Å²) in [5, 5.41) is 8.92. The van der Waals surface area contributed by atoms with Crippen molar-refractivity contribution in [2.75, 3.05) is 13.2 Å². The minimum absolute atomic E-state index is 0.0805. The number of ether oxygens (including phenoxy) is 2. The molecule has 1 aromatic heterocycles. The summed E-state index contributed by atoms with van der Waals surface area (Å²) >= 11 is 0. The van der Waals surface area contributed by atoms with Crippen LogP contribution in [0.4, 0.5) is 0 Å². The predicted molar refractivity (Wildman–Crippen MR) is 58.8 cm³/mol. The molecule has 0 N–H and O–H groups in total. The van der Waals surface area contributed by atoms with Crippen LogP contribution in [0.25, 0.3) is 0 Å². The summed E-state index contributed by atoms with van der Waals surface area (Å²) in [4.78, 5) is 4.03. The maximum absolute atomic E-state index is 8.92. The Morgan fingerprint density at radius 1 is 1.50 bits per heavy atom. The minimum Gasteiger partial charge on any atom is -0.473 e. The highest BCUT2D eigenvalue weighted by Gasteiger charge is 2.17. The normalized spacial score (nSPS) is 16.7. The summed E-state index contributed by atoms with van der Waals surface area (Å²) in [5.74, 6) is 0.364. The lowest BCUT2D eigenvalue weighted by atomic mass is 9.97. The lowest BCUT2D eigenvalue weighted by Gasteiger charge is -2.23. The van der Waals surface area contributed by atoms with Gasteiger partial charge >= 0.3 is 0 Å². The molecule has 0 atom stereocenters. The fourth-order valence-electron chi connectivity index (χ4n) is 1.59. The smallest absolute Gasteiger partial charge is 0.231 e. The van der Waals surface area contributed by atoms with Crippen molar-refractivity contribution in [3.05, 3.63) is 17.8 Å². The van der Waals surface area contributed by atoms with E-state index in [9.17, 15) is 0 Å². The van der Waals surface area contributed by atoms with Gasteiger partial charge in [0, 0.05) is 19.0 Å². The molecule has 0 aliphatic carbocycles. The number of rotatable bonds is 2. The van der Waals surface area contributed by atoms with Gasteiger partial charge in [-0.1, -0.05) is 5.46 Å². The SMILES string of the molecule is [B]c1cnc(OC2CCOCC2)c(C#N)c1. The molecule has 0 bridgehead atoms. The third-order valence-electron chi connectivity index (χ3n) is 2.44. The first kappa shape index (κ1) is 11.0. The van der Waals surface area contributed by atoms with Gasteiger partial charge in [-0.2, -0.15) is 5.26 Å². The van der Waals surface area contributed by atoms with Crippen LogP contribution in [0.5, 0.6) is 5.88 Å². The minimum atomic E-state index is 0.0805. The van der Waals surface area contributed by atoms with Gasteiger partial charge in [-0.3, -0.25) is 0 Å². The second-order valence-electron chi connectivity index (χ2n) is 3.66. The molecule has 0 aromatic carbocycles. The van der Waals surface area contributed by atoms with E-state index in [-0.39, 0.29) is 6.10 Å². The van der Waals surface area contributed by atoms with Gasteiger partial charge in [0.05, 0.1) is 13.2 Å². The number of pyridine rings is 1. The summed E-state index contributed by atoms with van der Waals surface area (Å²) in [6, 6.07) is 3.60. The molecular weight excluding hydrogens is 203 g/mol. The van der Waals surface area contributed by atoms with Crippen LogP contribution >= 0.6 is 0 Å². The quantitative estimate of drug-likeness (QED) is 0.664. The molecule has 16 heavy (non-hydrogen) atoms. The molecule has 1 aliphatic rings. The zero-order chi connectivity index (χ0) is 11.4. The molecule has 1 fully saturated rings. The van der Waals surface area contributed by atoms with Crippen LogP contribution in [0.3, 0.4) is 0 Å². The van der Waals surface area contributed by atoms with Gasteiger partial charge in [-0.15, -0.1) is 0 Å². The van der Waals surface area contributed by atoms with Crippen molar-refractivity contribution < 1.29 is 9.47 Å². The van der Waals surface area contributed by atoms with Crippen molar-refractivity contribution in [3.63, 3.8) is 0 Å². The van der Waals surface area contributed by atoms with E-state index >= 15 is 0 Å². The molecule has 2 heterocycles. The first-order chi connectivity index (χ1) is 7.79. The summed E-state index contributed by atoms with van der Waals surface area (Å²) in [6.07, 6.45) is 3.24. The van der Waals surface area contributed by atoms with Crippen molar-refractivity contribution in [2.24, 2.45) is 0 Å². The average molecular weight is 214 g/mol. The van der Waals surface area contributed by atoms with Gasteiger partial charge in [-0.25, -0.2) is 4.98 Å². The second kappa shape index (κ2) is 5.00. The molecule has 2 rings (SSSR count). The maximum Gasteiger partial charge on any atom is 0.231 e. The molecule has 1 saturated heterocycles. The van der Waals surface area contributed by atoms with Crippen LogP contribution in [0, 0.1) is 11.3 Å². The van der Waals surface area contributed by atoms with Gasteiger partial charge in [0.1, 0.15) is 25.6 Å². The van der Waals surface area contributed by atoms with E-state index in [0.717, 1.165) is 12.8 Å². The highest BCUT2D eigenvalue weighted by Crippen LogP contribution is 2.18. The zero-order valence-electron chi connectivity index (χ0n) is 8.85. The largest absolute Gasteiger partial charge is 0.473 e. The Labute approximate surface area is 95.6 Å². The van der Waals surface area contributed by atoms with Crippen LogP contribution in [0.2, 0.25) is 0 Å². The van der Waals surface area contributed by atoms with Crippen molar-refractivity contribution in [2.45, 2.75) is 18.9 Å². The van der Waals surface area contributed by atoms with Gasteiger partial charge in [0.2, 0.25) is 5.88 Å². The van der Waals surface area contributed by atoms with Crippen LogP contribution in [-0.4, -0.2) is 32.1 Å². The van der Waals surface area contributed by atoms with E-state index in [0.29, 0.717) is 30.1 Å². The Balaban J connectivity index is 2.11. The number of hydrogen-bond acceptors (Lipinski definition) is 4. The third kappa shape index (κ3) is 2.53. The van der Waals surface area contributed by atoms with Crippen molar-refractivity contribution in [1.82, 2.24) is 4.98 Å². The Morgan fingerprint density at radius 3 is 2.94 bits per heavy atom. The van der Waals surface area contributed by atoms with E-state index in [1.807, 2.05) is 6.07 Å². The monoisotopic (exact) mass is 214 g/mol. The van der Waals surface area contributed by atoms with Crippen LogP contribution in [0.1, 0.15) is 18.4 Å². The van der Waals surface area contributed by atoms with Crippen molar-refractivity contribution in [3.8, 4) is 11.9 Å². The molecule has 0 saturated carbocycles. The van der Waals surface area contributed by atoms with Gasteiger partial charge in [0.25, 0.3) is 0 Å². The summed E-state index contributed by atoms with van der Waals surface area (Å²) in [5.41, 5.74) is 0.849. The average Bonchev–Trinajstić information content (AvgIpc) is 2.33. The summed E-state index contributed by atoms with van der Waals surface area (Å²) in [6.45, 7) is 1.39. The Bertz CT molecular complexity index is 411. The zero-order valence-corrected chi connectivity index (χ0v) is 8.85. The first-order valence-corrected chi connectivity index (χ1v) is 5.19. The lowest BCUT2D eigenvalue weighted by molar-refractivity contribution is 0.0236. The van der Waals surface area contributed by atoms with E-state index in [4.69, 9.17) is 22.6 Å². The van der Waals surface area contributed by atoms with Crippen LogP contribution < -0.4 is 10.2 Å². The highest BCUT2D eigenvalue weighted by molar-refractivity contribution is 6.32. The van der Waals surface area contributed by atoms with Crippen LogP contribution in [0.15, 0.2) is 12.3 Å². The standard InChI is InChI=1S/C11H11BN2O2/c12-9-5-8(6-13)11(14-7-9)16-10-1-3-15-4-2-10/h5,7,10H,1-4H2. The second-order valence-corrected chi connectivity index (χ2v) is 3.66. The van der Waals surface area contributed by atoms with E-state index in [1.54, 1.807) is 6.07 Å². The number of aromatic nitrogens is 1. The van der Waals surface area contributed by atoms with Gasteiger partial charge in [0.15, 0.2) is 0 Å². The molecule has 0 unspecified atom stereocenters. The number of hydrogen-bond donors (Lipinski definition) is 0. The van der Waals surface area contributed by atoms with E-state index in [1.165, 1.54) is 6.20 Å². The molecule has 4 nitrogen and oxygen atoms in total. The Kier molecular flexibility index (Phi) is 3.42. The highest BCUT2D eigenvalue weighted by atomic mass is 16.5.